The summed E-state index contributed by atoms with van der Waals surface area (Å²) in [4.78, 5) is 55.1. The Bertz CT molecular complexity index is 1050. The molecule has 2 fully saturated rings. The normalized spacial score (nSPS) is 20.5. The number of nitrogens with zero attached hydrogens (tertiary/aromatic N) is 2. The lowest BCUT2D eigenvalue weighted by atomic mass is 10.0. The number of ketones is 1. The third kappa shape index (κ3) is 5.95. The summed E-state index contributed by atoms with van der Waals surface area (Å²) in [6.07, 6.45) is 1.87. The van der Waals surface area contributed by atoms with E-state index in [0.29, 0.717) is 26.0 Å². The molecule has 2 heterocycles. The van der Waals surface area contributed by atoms with Gasteiger partial charge in [-0.15, -0.1) is 0 Å². The lowest BCUT2D eigenvalue weighted by molar-refractivity contribution is -0.152. The van der Waals surface area contributed by atoms with E-state index in [0.717, 1.165) is 17.5 Å². The molecule has 3 amide bonds. The van der Waals surface area contributed by atoms with E-state index in [-0.39, 0.29) is 18.7 Å². The van der Waals surface area contributed by atoms with Crippen LogP contribution >= 0.6 is 0 Å². The Hall–Kier alpha value is -3.52. The van der Waals surface area contributed by atoms with Crippen LogP contribution in [0.5, 0.6) is 0 Å². The molecular formula is C27H31N3O5. The van der Waals surface area contributed by atoms with Crippen LogP contribution in [0.15, 0.2) is 60.7 Å². The lowest BCUT2D eigenvalue weighted by Gasteiger charge is -2.28. The molecule has 0 bridgehead atoms. The molecule has 2 aromatic carbocycles. The highest BCUT2D eigenvalue weighted by Gasteiger charge is 2.39. The van der Waals surface area contributed by atoms with Crippen molar-refractivity contribution in [2.75, 3.05) is 13.7 Å². The highest BCUT2D eigenvalue weighted by atomic mass is 16.5. The number of carbonyl (C=O) groups excluding carboxylic acids is 4. The molecule has 2 unspecified atom stereocenters. The van der Waals surface area contributed by atoms with Gasteiger partial charge in [-0.2, -0.15) is 0 Å². The summed E-state index contributed by atoms with van der Waals surface area (Å²) in [5.74, 6) is -1.91. The average Bonchev–Trinajstić information content (AvgIpc) is 3.54. The number of carbonyl (C=O) groups is 4. The Kier molecular flexibility index (Phi) is 7.92. The summed E-state index contributed by atoms with van der Waals surface area (Å²) >= 11 is 0. The Balaban J connectivity index is 1.50. The van der Waals surface area contributed by atoms with Gasteiger partial charge in [-0.3, -0.25) is 19.2 Å². The summed E-state index contributed by atoms with van der Waals surface area (Å²) in [6, 6.07) is 17.0. The number of hydrogen-bond donors (Lipinski definition) is 1. The molecule has 0 aromatic heterocycles. The third-order valence-corrected chi connectivity index (χ3v) is 6.61. The maximum Gasteiger partial charge on any atom is 0.293 e. The molecule has 2 aromatic rings. The van der Waals surface area contributed by atoms with Gasteiger partial charge in [-0.25, -0.2) is 0 Å². The van der Waals surface area contributed by atoms with Crippen molar-refractivity contribution in [3.05, 3.63) is 71.8 Å². The van der Waals surface area contributed by atoms with Crippen LogP contribution in [0.3, 0.4) is 0 Å². The first-order valence-electron chi connectivity index (χ1n) is 12.0. The average molecular weight is 478 g/mol. The molecule has 35 heavy (non-hydrogen) atoms. The molecule has 4 rings (SSSR count). The van der Waals surface area contributed by atoms with Gasteiger partial charge in [0.05, 0.1) is 0 Å². The molecule has 2 aliphatic heterocycles. The quantitative estimate of drug-likeness (QED) is 0.558. The molecule has 8 heteroatoms. The second-order valence-electron chi connectivity index (χ2n) is 9.06. The van der Waals surface area contributed by atoms with Crippen molar-refractivity contribution in [2.24, 2.45) is 0 Å². The summed E-state index contributed by atoms with van der Waals surface area (Å²) in [5.41, 5.74) is 1.74. The van der Waals surface area contributed by atoms with Crippen LogP contribution in [0.25, 0.3) is 0 Å². The minimum atomic E-state index is -1.05. The maximum absolute atomic E-state index is 13.3. The number of likely N-dealkylation sites (tertiary alicyclic amines) is 1. The monoisotopic (exact) mass is 477 g/mol. The first-order valence-corrected chi connectivity index (χ1v) is 12.0. The van der Waals surface area contributed by atoms with E-state index in [1.165, 1.54) is 4.90 Å². The number of rotatable bonds is 9. The first-order chi connectivity index (χ1) is 16.9. The van der Waals surface area contributed by atoms with Gasteiger partial charge in [-0.1, -0.05) is 60.7 Å². The number of nitrogens with one attached hydrogen (secondary N) is 1. The summed E-state index contributed by atoms with van der Waals surface area (Å²) in [7, 11) is 1.55. The van der Waals surface area contributed by atoms with Crippen molar-refractivity contribution < 1.29 is 23.9 Å². The van der Waals surface area contributed by atoms with Gasteiger partial charge in [0.15, 0.2) is 0 Å². The van der Waals surface area contributed by atoms with Crippen molar-refractivity contribution in [3.8, 4) is 0 Å². The van der Waals surface area contributed by atoms with Crippen molar-refractivity contribution in [1.82, 2.24) is 15.1 Å². The number of Topliss-reactive ketones (excluding diaryl/α,β-unsaturated/α-hetero) is 1. The van der Waals surface area contributed by atoms with Crippen LogP contribution in [-0.4, -0.2) is 65.3 Å². The van der Waals surface area contributed by atoms with Crippen LogP contribution < -0.4 is 5.32 Å². The van der Waals surface area contributed by atoms with E-state index < -0.39 is 35.9 Å². The molecule has 0 aliphatic carbocycles. The highest BCUT2D eigenvalue weighted by Crippen LogP contribution is 2.22. The van der Waals surface area contributed by atoms with Crippen LogP contribution in [-0.2, 0) is 36.9 Å². The largest absolute Gasteiger partial charge is 0.358 e. The minimum absolute atomic E-state index is 0.103. The van der Waals surface area contributed by atoms with Gasteiger partial charge in [0.25, 0.3) is 5.91 Å². The predicted molar refractivity (Wildman–Crippen MR) is 129 cm³/mol. The topological polar surface area (TPSA) is 96.0 Å². The first kappa shape index (κ1) is 24.6. The number of benzene rings is 2. The van der Waals surface area contributed by atoms with Gasteiger partial charge in [0.1, 0.15) is 18.3 Å². The van der Waals surface area contributed by atoms with E-state index in [1.54, 1.807) is 11.9 Å². The summed E-state index contributed by atoms with van der Waals surface area (Å²) in [5, 5.41) is 2.80. The molecule has 1 N–H and O–H groups in total. The molecule has 0 radical (unpaired) electrons. The number of amides is 3. The molecule has 2 aliphatic rings. The van der Waals surface area contributed by atoms with Crippen molar-refractivity contribution in [2.45, 2.75) is 57.0 Å². The Morgan fingerprint density at radius 3 is 2.31 bits per heavy atom. The zero-order valence-corrected chi connectivity index (χ0v) is 19.9. The van der Waals surface area contributed by atoms with Crippen molar-refractivity contribution >= 4 is 23.5 Å². The minimum Gasteiger partial charge on any atom is -0.358 e. The van der Waals surface area contributed by atoms with E-state index in [1.807, 2.05) is 60.7 Å². The smallest absolute Gasteiger partial charge is 0.293 e. The van der Waals surface area contributed by atoms with Gasteiger partial charge < -0.3 is 19.9 Å². The van der Waals surface area contributed by atoms with E-state index in [2.05, 4.69) is 5.32 Å². The van der Waals surface area contributed by atoms with Crippen LogP contribution in [0.1, 0.15) is 36.8 Å². The molecular weight excluding hydrogens is 446 g/mol. The molecule has 184 valence electrons. The van der Waals surface area contributed by atoms with Crippen molar-refractivity contribution in [1.29, 1.82) is 0 Å². The molecule has 3 atom stereocenters. The SMILES string of the molecule is CN(C(=O)C(=O)C(Cc1ccccc1)NC(=O)[C@@H]1CCC(=O)N1Cc1ccccc1)C1CCCO1. The van der Waals surface area contributed by atoms with Crippen LogP contribution in [0.4, 0.5) is 0 Å². The van der Waals surface area contributed by atoms with Gasteiger partial charge in [0, 0.05) is 33.0 Å². The molecule has 8 nitrogen and oxygen atoms in total. The van der Waals surface area contributed by atoms with Gasteiger partial charge in [-0.05, 0) is 30.4 Å². The summed E-state index contributed by atoms with van der Waals surface area (Å²) in [6.45, 7) is 0.864. The Labute approximate surface area is 205 Å². The number of hydrogen-bond acceptors (Lipinski definition) is 5. The second kappa shape index (κ2) is 11.3. The predicted octanol–water partition coefficient (Wildman–Crippen LogP) is 2.07. The zero-order chi connectivity index (χ0) is 24.8. The number of likely N-dealkylation sites (N-methyl/N-ethyl adjacent to an activating group) is 1. The highest BCUT2D eigenvalue weighted by molar-refractivity contribution is 6.38. The zero-order valence-electron chi connectivity index (χ0n) is 19.9. The fourth-order valence-electron chi connectivity index (χ4n) is 4.63. The van der Waals surface area contributed by atoms with E-state index in [9.17, 15) is 19.2 Å². The van der Waals surface area contributed by atoms with E-state index in [4.69, 9.17) is 4.74 Å². The standard InChI is InChI=1S/C27H31N3O5/c1-29(24-13-8-16-35-24)27(34)25(32)21(17-19-9-4-2-5-10-19)28-26(33)22-14-15-23(31)30(22)18-20-11-6-3-7-12-20/h2-7,9-12,21-22,24H,8,13-18H2,1H3,(H,28,33)/t21?,22-,24?/m0/s1. The van der Waals surface area contributed by atoms with Gasteiger partial charge in [0.2, 0.25) is 17.6 Å². The summed E-state index contributed by atoms with van der Waals surface area (Å²) < 4.78 is 5.55. The second-order valence-corrected chi connectivity index (χ2v) is 9.06. The Morgan fingerprint density at radius 1 is 1.03 bits per heavy atom. The van der Waals surface area contributed by atoms with Crippen molar-refractivity contribution in [3.63, 3.8) is 0 Å². The third-order valence-electron chi connectivity index (χ3n) is 6.61. The van der Waals surface area contributed by atoms with Gasteiger partial charge >= 0.3 is 0 Å². The van der Waals surface area contributed by atoms with Crippen LogP contribution in [0, 0.1) is 0 Å². The van der Waals surface area contributed by atoms with Crippen LogP contribution in [0.2, 0.25) is 0 Å². The molecule has 2 saturated heterocycles. The van der Waals surface area contributed by atoms with E-state index >= 15 is 0 Å². The lowest BCUT2D eigenvalue weighted by Crippen LogP contribution is -2.54. The fourth-order valence-corrected chi connectivity index (χ4v) is 4.63. The Morgan fingerprint density at radius 2 is 1.69 bits per heavy atom. The number of ether oxygens (including phenoxy) is 1. The maximum atomic E-state index is 13.3. The fraction of sp³-hybridized carbons (Fsp3) is 0.407. The molecule has 0 spiro atoms. The molecule has 0 saturated carbocycles.